The molecule has 2 aromatic rings. The van der Waals surface area contributed by atoms with Crippen molar-refractivity contribution in [3.63, 3.8) is 0 Å². The van der Waals surface area contributed by atoms with Crippen molar-refractivity contribution in [2.24, 2.45) is 0 Å². The van der Waals surface area contributed by atoms with Gasteiger partial charge in [-0.2, -0.15) is 0 Å². The number of carbonyl (C=O) groups excluding carboxylic acids is 3. The Hall–Kier alpha value is -4.16. The molecule has 1 fully saturated rings. The number of hydrazine groups is 1. The predicted molar refractivity (Wildman–Crippen MR) is 162 cm³/mol. The standard InChI is InChI=1S/C22H32N4O6.C9H13NO/c1-5-17-12-16(6-8-19(17)32-4)10-11-23-22(31)18(7-9-21(29)30)26-15(2)25(14-27)24(3)13-20(26)28;1-10-7-8-3-5-9(11-2)6-4-8/h6,8,12,14-15,18H,5,7,9-11,13H2,1-4H3,(H,23,31)(H,29,30);3-6,10H,7H2,1-2H3/t15-,18?;/m1./s1. The number of nitrogens with zero attached hydrogens (tertiary/aromatic N) is 3. The topological polar surface area (TPSA) is 141 Å². The first-order valence-electron chi connectivity index (χ1n) is 14.3. The van der Waals surface area contributed by atoms with E-state index in [1.807, 2.05) is 44.3 Å². The van der Waals surface area contributed by atoms with Gasteiger partial charge in [-0.3, -0.25) is 24.2 Å². The van der Waals surface area contributed by atoms with Crippen molar-refractivity contribution < 1.29 is 33.8 Å². The molecule has 3 N–H and O–H groups in total. The van der Waals surface area contributed by atoms with Crippen LogP contribution in [0.1, 0.15) is 43.4 Å². The van der Waals surface area contributed by atoms with Crippen LogP contribution in [0.3, 0.4) is 0 Å². The zero-order valence-corrected chi connectivity index (χ0v) is 26.0. The molecule has 236 valence electrons. The molecule has 0 saturated carbocycles. The molecule has 1 saturated heterocycles. The third-order valence-corrected chi connectivity index (χ3v) is 7.19. The normalized spacial score (nSPS) is 15.7. The quantitative estimate of drug-likeness (QED) is 0.278. The van der Waals surface area contributed by atoms with Gasteiger partial charge < -0.3 is 30.1 Å². The zero-order valence-electron chi connectivity index (χ0n) is 26.0. The van der Waals surface area contributed by atoms with Crippen molar-refractivity contribution in [3.05, 3.63) is 59.2 Å². The number of aryl methyl sites for hydroxylation is 1. The fourth-order valence-electron chi connectivity index (χ4n) is 4.90. The lowest BCUT2D eigenvalue weighted by atomic mass is 10.0. The smallest absolute Gasteiger partial charge is 0.303 e. The number of methoxy groups -OCH3 is 2. The number of aliphatic carboxylic acids is 1. The van der Waals surface area contributed by atoms with Crippen LogP contribution < -0.4 is 20.1 Å². The van der Waals surface area contributed by atoms with Crippen molar-refractivity contribution in [1.29, 1.82) is 0 Å². The van der Waals surface area contributed by atoms with Crippen LogP contribution >= 0.6 is 0 Å². The van der Waals surface area contributed by atoms with Gasteiger partial charge in [-0.05, 0) is 68.1 Å². The van der Waals surface area contributed by atoms with E-state index in [1.54, 1.807) is 28.2 Å². The fourth-order valence-corrected chi connectivity index (χ4v) is 4.90. The van der Waals surface area contributed by atoms with E-state index in [1.165, 1.54) is 20.5 Å². The molecule has 43 heavy (non-hydrogen) atoms. The average molecular weight is 600 g/mol. The number of carbonyl (C=O) groups is 4. The second-order valence-electron chi connectivity index (χ2n) is 10.1. The number of hydrogen-bond acceptors (Lipinski definition) is 8. The Morgan fingerprint density at radius 2 is 1.79 bits per heavy atom. The second-order valence-corrected chi connectivity index (χ2v) is 10.1. The van der Waals surface area contributed by atoms with Crippen LogP contribution in [-0.2, 0) is 38.6 Å². The molecule has 2 aromatic carbocycles. The van der Waals surface area contributed by atoms with E-state index in [0.717, 1.165) is 35.6 Å². The second kappa shape index (κ2) is 17.7. The molecular formula is C31H45N5O7. The molecule has 0 radical (unpaired) electrons. The minimum Gasteiger partial charge on any atom is -0.497 e. The van der Waals surface area contributed by atoms with Crippen LogP contribution in [0.25, 0.3) is 0 Å². The molecule has 0 aromatic heterocycles. The highest BCUT2D eigenvalue weighted by molar-refractivity contribution is 5.89. The molecule has 3 rings (SSSR count). The van der Waals surface area contributed by atoms with E-state index in [2.05, 4.69) is 22.8 Å². The molecule has 0 bridgehead atoms. The highest BCUT2D eigenvalue weighted by Crippen LogP contribution is 2.22. The van der Waals surface area contributed by atoms with Crippen LogP contribution in [0.2, 0.25) is 0 Å². The average Bonchev–Trinajstić information content (AvgIpc) is 2.99. The van der Waals surface area contributed by atoms with E-state index in [0.29, 0.717) is 19.4 Å². The summed E-state index contributed by atoms with van der Waals surface area (Å²) >= 11 is 0. The summed E-state index contributed by atoms with van der Waals surface area (Å²) in [5.41, 5.74) is 3.37. The van der Waals surface area contributed by atoms with Crippen molar-refractivity contribution in [2.75, 3.05) is 41.4 Å². The minimum absolute atomic E-state index is 0.0455. The zero-order chi connectivity index (χ0) is 31.9. The summed E-state index contributed by atoms with van der Waals surface area (Å²) in [6.07, 6.45) is 0.945. The molecule has 12 nitrogen and oxygen atoms in total. The third-order valence-electron chi connectivity index (χ3n) is 7.19. The number of carboxylic acids is 1. The van der Waals surface area contributed by atoms with Gasteiger partial charge in [-0.25, -0.2) is 5.01 Å². The van der Waals surface area contributed by atoms with E-state index < -0.39 is 24.1 Å². The van der Waals surface area contributed by atoms with Crippen molar-refractivity contribution in [1.82, 2.24) is 25.6 Å². The third kappa shape index (κ3) is 10.3. The number of nitrogens with one attached hydrogen (secondary N) is 2. The van der Waals surface area contributed by atoms with Gasteiger partial charge in [0.1, 0.15) is 23.7 Å². The van der Waals surface area contributed by atoms with Gasteiger partial charge in [0.25, 0.3) is 0 Å². The highest BCUT2D eigenvalue weighted by atomic mass is 16.5. The predicted octanol–water partition coefficient (Wildman–Crippen LogP) is 2.06. The van der Waals surface area contributed by atoms with Crippen molar-refractivity contribution >= 4 is 24.2 Å². The summed E-state index contributed by atoms with van der Waals surface area (Å²) in [5.74, 6) is -0.117. The lowest BCUT2D eigenvalue weighted by molar-refractivity contribution is -0.181. The minimum atomic E-state index is -1.06. The number of ether oxygens (including phenoxy) is 2. The monoisotopic (exact) mass is 599 g/mol. The van der Waals surface area contributed by atoms with Crippen molar-refractivity contribution in [2.45, 2.75) is 58.3 Å². The van der Waals surface area contributed by atoms with Crippen molar-refractivity contribution in [3.8, 4) is 11.5 Å². The Morgan fingerprint density at radius 3 is 2.35 bits per heavy atom. The lowest BCUT2D eigenvalue weighted by Gasteiger charge is -2.47. The van der Waals surface area contributed by atoms with Crippen LogP contribution in [-0.4, -0.2) is 97.8 Å². The Morgan fingerprint density at radius 1 is 1.12 bits per heavy atom. The maximum absolute atomic E-state index is 13.0. The largest absolute Gasteiger partial charge is 0.497 e. The molecule has 3 amide bonds. The Balaban J connectivity index is 0.000000490. The summed E-state index contributed by atoms with van der Waals surface area (Å²) in [5, 5.41) is 17.8. The number of hydrogen-bond donors (Lipinski definition) is 3. The van der Waals surface area contributed by atoms with Gasteiger partial charge >= 0.3 is 5.97 Å². The highest BCUT2D eigenvalue weighted by Gasteiger charge is 2.40. The Labute approximate surface area is 253 Å². The van der Waals surface area contributed by atoms with E-state index in [-0.39, 0.29) is 25.3 Å². The molecule has 1 heterocycles. The van der Waals surface area contributed by atoms with Crippen LogP contribution in [0.5, 0.6) is 11.5 Å². The SMILES string of the molecule is CCc1cc(CCNC(=O)C(CCC(=O)O)N2C(=O)CN(C)N(C=O)[C@H]2C)ccc1OC.CNCc1ccc(OC)cc1. The maximum atomic E-state index is 13.0. The fraction of sp³-hybridized carbons (Fsp3) is 0.484. The van der Waals surface area contributed by atoms with E-state index in [9.17, 15) is 19.2 Å². The molecule has 1 aliphatic rings. The maximum Gasteiger partial charge on any atom is 0.303 e. The number of benzene rings is 2. The number of rotatable bonds is 14. The molecule has 0 spiro atoms. The van der Waals surface area contributed by atoms with Gasteiger partial charge in [-0.15, -0.1) is 0 Å². The number of likely N-dealkylation sites (N-methyl/N-ethyl adjacent to an activating group) is 1. The Bertz CT molecular complexity index is 1210. The van der Waals surface area contributed by atoms with E-state index >= 15 is 0 Å². The molecule has 0 aliphatic carbocycles. The molecule has 1 aliphatic heterocycles. The van der Waals surface area contributed by atoms with Crippen LogP contribution in [0.4, 0.5) is 0 Å². The molecule has 12 heteroatoms. The summed E-state index contributed by atoms with van der Waals surface area (Å²) < 4.78 is 10.4. The first-order chi connectivity index (χ1) is 20.6. The number of carboxylic acid groups (broad SMARTS) is 1. The molecular weight excluding hydrogens is 554 g/mol. The van der Waals surface area contributed by atoms with Crippen LogP contribution in [0.15, 0.2) is 42.5 Å². The van der Waals surface area contributed by atoms with Gasteiger partial charge in [0.05, 0.1) is 20.8 Å². The summed E-state index contributed by atoms with van der Waals surface area (Å²) in [4.78, 5) is 49.6. The van der Waals surface area contributed by atoms with Gasteiger partial charge in [0.2, 0.25) is 18.2 Å². The lowest BCUT2D eigenvalue weighted by Crippen LogP contribution is -2.67. The molecule has 2 atom stereocenters. The summed E-state index contributed by atoms with van der Waals surface area (Å²) in [6, 6.07) is 12.9. The molecule has 1 unspecified atom stereocenters. The van der Waals surface area contributed by atoms with Gasteiger partial charge in [0.15, 0.2) is 0 Å². The first kappa shape index (κ1) is 35.0. The van der Waals surface area contributed by atoms with E-state index in [4.69, 9.17) is 14.6 Å². The first-order valence-corrected chi connectivity index (χ1v) is 14.3. The summed E-state index contributed by atoms with van der Waals surface area (Å²) in [6.45, 7) is 4.82. The summed E-state index contributed by atoms with van der Waals surface area (Å²) in [7, 11) is 6.83. The van der Waals surface area contributed by atoms with Crippen LogP contribution in [0, 0.1) is 0 Å². The number of amides is 3. The van der Waals surface area contributed by atoms with Gasteiger partial charge in [-0.1, -0.05) is 31.2 Å². The Kier molecular flexibility index (Phi) is 14.4. The van der Waals surface area contributed by atoms with Gasteiger partial charge in [0, 0.05) is 26.6 Å².